The molecule has 0 atom stereocenters. The molecular weight excluding hydrogens is 262 g/mol. The fourth-order valence-electron chi connectivity index (χ4n) is 2.83. The zero-order valence-electron chi connectivity index (χ0n) is 12.6. The number of nitrogen functional groups attached to an aromatic ring is 1. The Bertz CT molecular complexity index is 805. The van der Waals surface area contributed by atoms with Crippen LogP contribution in [0.25, 0.3) is 22.0 Å². The zero-order valence-corrected chi connectivity index (χ0v) is 12.6. The number of ether oxygens (including phenoxy) is 1. The third-order valence-electron chi connectivity index (χ3n) is 3.87. The minimum atomic E-state index is 0.713. The van der Waals surface area contributed by atoms with E-state index in [1.165, 1.54) is 0 Å². The molecule has 0 spiro atoms. The fraction of sp³-hybridized carbons (Fsp3) is 0.235. The molecule has 0 aliphatic heterocycles. The summed E-state index contributed by atoms with van der Waals surface area (Å²) in [4.78, 5) is 4.65. The first-order chi connectivity index (χ1) is 10.2. The van der Waals surface area contributed by atoms with E-state index in [-0.39, 0.29) is 0 Å². The quantitative estimate of drug-likeness (QED) is 0.797. The second-order valence-electron chi connectivity index (χ2n) is 5.00. The summed E-state index contributed by atoms with van der Waals surface area (Å²) in [6, 6.07) is 12.2. The average molecular weight is 281 g/mol. The molecule has 0 bridgehead atoms. The number of aryl methyl sites for hydroxylation is 1. The Labute approximate surface area is 124 Å². The van der Waals surface area contributed by atoms with Crippen molar-refractivity contribution in [1.29, 1.82) is 0 Å². The van der Waals surface area contributed by atoms with Crippen LogP contribution in [0.3, 0.4) is 0 Å². The van der Waals surface area contributed by atoms with Crippen molar-refractivity contribution in [3.63, 3.8) is 0 Å². The van der Waals surface area contributed by atoms with E-state index in [0.29, 0.717) is 5.82 Å². The molecule has 2 N–H and O–H groups in total. The number of fused-ring (bicyclic) bond motifs is 1. The van der Waals surface area contributed by atoms with Gasteiger partial charge in [0.25, 0.3) is 0 Å². The monoisotopic (exact) mass is 281 g/mol. The standard InChI is InChI=1S/C17H19N3O/c1-4-20-11(2)19-16(17(20)18)14-9-10-15(21-3)13-8-6-5-7-12(13)14/h5-10H,4,18H2,1-3H3. The van der Waals surface area contributed by atoms with Crippen LogP contribution in [0.1, 0.15) is 12.7 Å². The van der Waals surface area contributed by atoms with E-state index in [4.69, 9.17) is 10.5 Å². The van der Waals surface area contributed by atoms with Crippen LogP contribution in [0.4, 0.5) is 5.82 Å². The molecule has 1 aromatic heterocycles. The summed E-state index contributed by atoms with van der Waals surface area (Å²) in [5.41, 5.74) is 8.16. The van der Waals surface area contributed by atoms with Crippen molar-refractivity contribution < 1.29 is 4.74 Å². The molecule has 0 fully saturated rings. The number of rotatable bonds is 3. The van der Waals surface area contributed by atoms with E-state index < -0.39 is 0 Å². The van der Waals surface area contributed by atoms with Gasteiger partial charge in [0.1, 0.15) is 23.1 Å². The summed E-state index contributed by atoms with van der Waals surface area (Å²) >= 11 is 0. The molecule has 1 heterocycles. The number of nitrogens with zero attached hydrogens (tertiary/aromatic N) is 2. The second-order valence-corrected chi connectivity index (χ2v) is 5.00. The van der Waals surface area contributed by atoms with Gasteiger partial charge in [-0.25, -0.2) is 4.98 Å². The lowest BCUT2D eigenvalue weighted by molar-refractivity contribution is 0.420. The highest BCUT2D eigenvalue weighted by atomic mass is 16.5. The van der Waals surface area contributed by atoms with Crippen molar-refractivity contribution in [3.05, 3.63) is 42.2 Å². The molecule has 0 aliphatic rings. The van der Waals surface area contributed by atoms with Crippen molar-refractivity contribution in [1.82, 2.24) is 9.55 Å². The van der Waals surface area contributed by atoms with Crippen molar-refractivity contribution >= 4 is 16.6 Å². The van der Waals surface area contributed by atoms with Gasteiger partial charge in [-0.1, -0.05) is 24.3 Å². The molecule has 2 aromatic carbocycles. The van der Waals surface area contributed by atoms with E-state index in [1.54, 1.807) is 7.11 Å². The number of nitrogens with two attached hydrogens (primary N) is 1. The maximum absolute atomic E-state index is 6.28. The summed E-state index contributed by atoms with van der Waals surface area (Å²) in [5, 5.41) is 2.17. The Balaban J connectivity index is 2.31. The highest BCUT2D eigenvalue weighted by Gasteiger charge is 2.16. The van der Waals surface area contributed by atoms with Gasteiger partial charge >= 0.3 is 0 Å². The minimum Gasteiger partial charge on any atom is -0.496 e. The van der Waals surface area contributed by atoms with Crippen LogP contribution in [0.5, 0.6) is 5.75 Å². The molecule has 3 rings (SSSR count). The molecule has 108 valence electrons. The highest BCUT2D eigenvalue weighted by molar-refractivity contribution is 6.01. The smallest absolute Gasteiger partial charge is 0.131 e. The van der Waals surface area contributed by atoms with Gasteiger partial charge in [0.2, 0.25) is 0 Å². The summed E-state index contributed by atoms with van der Waals surface area (Å²) < 4.78 is 7.46. The average Bonchev–Trinajstić information content (AvgIpc) is 2.80. The summed E-state index contributed by atoms with van der Waals surface area (Å²) in [6.07, 6.45) is 0. The normalized spacial score (nSPS) is 11.0. The van der Waals surface area contributed by atoms with Crippen molar-refractivity contribution in [2.75, 3.05) is 12.8 Å². The van der Waals surface area contributed by atoms with E-state index in [0.717, 1.165) is 40.1 Å². The lowest BCUT2D eigenvalue weighted by Crippen LogP contribution is -2.02. The lowest BCUT2D eigenvalue weighted by Gasteiger charge is -2.10. The van der Waals surface area contributed by atoms with E-state index in [2.05, 4.69) is 24.0 Å². The number of aromatic nitrogens is 2. The van der Waals surface area contributed by atoms with Gasteiger partial charge in [-0.2, -0.15) is 0 Å². The van der Waals surface area contributed by atoms with Crippen LogP contribution in [0, 0.1) is 6.92 Å². The van der Waals surface area contributed by atoms with Gasteiger partial charge in [-0.15, -0.1) is 0 Å². The fourth-order valence-corrected chi connectivity index (χ4v) is 2.83. The van der Waals surface area contributed by atoms with Crippen LogP contribution in [0.2, 0.25) is 0 Å². The second kappa shape index (κ2) is 5.13. The van der Waals surface area contributed by atoms with Crippen LogP contribution in [0.15, 0.2) is 36.4 Å². The van der Waals surface area contributed by atoms with Gasteiger partial charge in [0.05, 0.1) is 7.11 Å². The van der Waals surface area contributed by atoms with Crippen molar-refractivity contribution in [3.8, 4) is 17.0 Å². The predicted octanol–water partition coefficient (Wildman–Crippen LogP) is 3.62. The Morgan fingerprint density at radius 3 is 2.48 bits per heavy atom. The SMILES string of the molecule is CCn1c(C)nc(-c2ccc(OC)c3ccccc23)c1N. The summed E-state index contributed by atoms with van der Waals surface area (Å²) in [6.45, 7) is 4.87. The topological polar surface area (TPSA) is 53.1 Å². The largest absolute Gasteiger partial charge is 0.496 e. The molecule has 0 radical (unpaired) electrons. The summed E-state index contributed by atoms with van der Waals surface area (Å²) in [7, 11) is 1.69. The number of benzene rings is 2. The molecule has 0 aliphatic carbocycles. The number of anilines is 1. The Morgan fingerprint density at radius 1 is 1.14 bits per heavy atom. The molecule has 3 aromatic rings. The Morgan fingerprint density at radius 2 is 1.86 bits per heavy atom. The van der Waals surface area contributed by atoms with E-state index in [9.17, 15) is 0 Å². The Kier molecular flexibility index (Phi) is 3.29. The first-order valence-electron chi connectivity index (χ1n) is 7.06. The highest BCUT2D eigenvalue weighted by Crippen LogP contribution is 2.36. The first-order valence-corrected chi connectivity index (χ1v) is 7.06. The minimum absolute atomic E-state index is 0.713. The number of hydrogen-bond donors (Lipinski definition) is 1. The molecule has 0 unspecified atom stereocenters. The maximum Gasteiger partial charge on any atom is 0.131 e. The maximum atomic E-state index is 6.28. The number of hydrogen-bond acceptors (Lipinski definition) is 3. The molecule has 4 nitrogen and oxygen atoms in total. The van der Waals surface area contributed by atoms with Crippen LogP contribution >= 0.6 is 0 Å². The predicted molar refractivity (Wildman–Crippen MR) is 86.5 cm³/mol. The molecule has 0 amide bonds. The van der Waals surface area contributed by atoms with Crippen molar-refractivity contribution in [2.24, 2.45) is 0 Å². The van der Waals surface area contributed by atoms with Gasteiger partial charge in [-0.3, -0.25) is 0 Å². The van der Waals surface area contributed by atoms with Crippen LogP contribution in [-0.4, -0.2) is 16.7 Å². The van der Waals surface area contributed by atoms with Gasteiger partial charge in [0, 0.05) is 17.5 Å². The van der Waals surface area contributed by atoms with E-state index in [1.807, 2.05) is 35.8 Å². The molecule has 4 heteroatoms. The van der Waals surface area contributed by atoms with Crippen LogP contribution in [-0.2, 0) is 6.54 Å². The Hall–Kier alpha value is -2.49. The molecule has 0 saturated carbocycles. The van der Waals surface area contributed by atoms with Crippen molar-refractivity contribution in [2.45, 2.75) is 20.4 Å². The first kappa shape index (κ1) is 13.5. The van der Waals surface area contributed by atoms with Crippen LogP contribution < -0.4 is 10.5 Å². The molecular formula is C17H19N3O. The van der Waals surface area contributed by atoms with Gasteiger partial charge in [0.15, 0.2) is 0 Å². The zero-order chi connectivity index (χ0) is 15.0. The molecule has 21 heavy (non-hydrogen) atoms. The number of imidazole rings is 1. The summed E-state index contributed by atoms with van der Waals surface area (Å²) in [5.74, 6) is 2.51. The number of methoxy groups -OCH3 is 1. The van der Waals surface area contributed by atoms with E-state index >= 15 is 0 Å². The van der Waals surface area contributed by atoms with Gasteiger partial charge < -0.3 is 15.0 Å². The third kappa shape index (κ3) is 2.03. The third-order valence-corrected chi connectivity index (χ3v) is 3.87. The molecule has 0 saturated heterocycles. The lowest BCUT2D eigenvalue weighted by atomic mass is 10.0. The van der Waals surface area contributed by atoms with Gasteiger partial charge in [-0.05, 0) is 31.4 Å².